The van der Waals surface area contributed by atoms with Gasteiger partial charge in [-0.05, 0) is 40.9 Å². The Morgan fingerprint density at radius 2 is 2.15 bits per heavy atom. The van der Waals surface area contributed by atoms with Crippen LogP contribution < -0.4 is 5.32 Å². The van der Waals surface area contributed by atoms with Crippen molar-refractivity contribution < 1.29 is 19.4 Å². The molecule has 1 saturated heterocycles. The molecule has 1 aliphatic heterocycles. The Morgan fingerprint density at radius 1 is 1.45 bits per heavy atom. The second-order valence-electron chi connectivity index (χ2n) is 4.75. The van der Waals surface area contributed by atoms with Gasteiger partial charge in [-0.3, -0.25) is 9.59 Å². The average Bonchev–Trinajstić information content (AvgIpc) is 2.45. The number of carbonyl (C=O) groups is 2. The summed E-state index contributed by atoms with van der Waals surface area (Å²) < 4.78 is 5.75. The Labute approximate surface area is 124 Å². The van der Waals surface area contributed by atoms with Gasteiger partial charge >= 0.3 is 5.97 Å². The van der Waals surface area contributed by atoms with Crippen LogP contribution in [0.5, 0.6) is 0 Å². The number of hydrogen-bond acceptors (Lipinski definition) is 4. The van der Waals surface area contributed by atoms with Crippen molar-refractivity contribution in [3.8, 4) is 0 Å². The number of carboxylic acids is 1. The predicted molar refractivity (Wildman–Crippen MR) is 74.4 cm³/mol. The van der Waals surface area contributed by atoms with Crippen LogP contribution >= 0.6 is 15.9 Å². The van der Waals surface area contributed by atoms with Gasteiger partial charge in [-0.25, -0.2) is 4.98 Å². The van der Waals surface area contributed by atoms with E-state index < -0.39 is 11.4 Å². The summed E-state index contributed by atoms with van der Waals surface area (Å²) in [5.74, 6) is -1.20. The molecule has 0 atom stereocenters. The van der Waals surface area contributed by atoms with Crippen LogP contribution in [0.25, 0.3) is 0 Å². The van der Waals surface area contributed by atoms with Gasteiger partial charge in [0.25, 0.3) is 5.91 Å². The lowest BCUT2D eigenvalue weighted by atomic mass is 9.80. The Morgan fingerprint density at radius 3 is 2.75 bits per heavy atom. The summed E-state index contributed by atoms with van der Waals surface area (Å²) >= 11 is 3.19. The number of pyridine rings is 1. The molecule has 2 N–H and O–H groups in total. The van der Waals surface area contributed by atoms with E-state index in [4.69, 9.17) is 4.74 Å². The number of rotatable bonds is 4. The van der Waals surface area contributed by atoms with Gasteiger partial charge in [0.2, 0.25) is 0 Å². The minimum Gasteiger partial charge on any atom is -0.481 e. The van der Waals surface area contributed by atoms with Crippen molar-refractivity contribution in [2.45, 2.75) is 12.8 Å². The molecule has 20 heavy (non-hydrogen) atoms. The minimum absolute atomic E-state index is 0.102. The second-order valence-corrected chi connectivity index (χ2v) is 5.56. The Kier molecular flexibility index (Phi) is 4.72. The first-order chi connectivity index (χ1) is 9.53. The van der Waals surface area contributed by atoms with Gasteiger partial charge in [0.1, 0.15) is 4.60 Å². The van der Waals surface area contributed by atoms with Crippen molar-refractivity contribution >= 4 is 27.8 Å². The predicted octanol–water partition coefficient (Wildman–Crippen LogP) is 1.46. The van der Waals surface area contributed by atoms with Crippen molar-refractivity contribution in [3.63, 3.8) is 0 Å². The molecule has 6 nitrogen and oxygen atoms in total. The fourth-order valence-electron chi connectivity index (χ4n) is 2.12. The van der Waals surface area contributed by atoms with Gasteiger partial charge in [0.15, 0.2) is 0 Å². The van der Waals surface area contributed by atoms with Gasteiger partial charge in [-0.15, -0.1) is 0 Å². The molecule has 0 aliphatic carbocycles. The van der Waals surface area contributed by atoms with E-state index in [1.807, 2.05) is 0 Å². The van der Waals surface area contributed by atoms with E-state index in [-0.39, 0.29) is 12.5 Å². The lowest BCUT2D eigenvalue weighted by Gasteiger charge is -2.33. The van der Waals surface area contributed by atoms with Gasteiger partial charge in [0, 0.05) is 31.5 Å². The van der Waals surface area contributed by atoms with Gasteiger partial charge in [-0.1, -0.05) is 0 Å². The summed E-state index contributed by atoms with van der Waals surface area (Å²) in [5.41, 5.74) is -0.488. The van der Waals surface area contributed by atoms with Crippen molar-refractivity contribution in [2.75, 3.05) is 19.8 Å². The van der Waals surface area contributed by atoms with Crippen molar-refractivity contribution in [2.24, 2.45) is 5.41 Å². The maximum atomic E-state index is 12.0. The lowest BCUT2D eigenvalue weighted by molar-refractivity contribution is -0.154. The van der Waals surface area contributed by atoms with Gasteiger partial charge in [0.05, 0.1) is 5.41 Å². The number of aliphatic carboxylic acids is 1. The molecular formula is C13H15BrN2O4. The molecule has 0 bridgehead atoms. The average molecular weight is 343 g/mol. The highest BCUT2D eigenvalue weighted by atomic mass is 79.9. The molecule has 0 aromatic carbocycles. The molecule has 0 unspecified atom stereocenters. The quantitative estimate of drug-likeness (QED) is 0.808. The van der Waals surface area contributed by atoms with Gasteiger partial charge < -0.3 is 15.2 Å². The summed E-state index contributed by atoms with van der Waals surface area (Å²) in [6.07, 6.45) is 2.33. The third kappa shape index (κ3) is 3.34. The molecule has 2 heterocycles. The number of carboxylic acid groups (broad SMARTS) is 1. The molecule has 7 heteroatoms. The number of aromatic nitrogens is 1. The topological polar surface area (TPSA) is 88.5 Å². The first-order valence-corrected chi connectivity index (χ1v) is 7.04. The van der Waals surface area contributed by atoms with Crippen LogP contribution in [0.2, 0.25) is 0 Å². The van der Waals surface area contributed by atoms with E-state index in [9.17, 15) is 14.7 Å². The van der Waals surface area contributed by atoms with Crippen LogP contribution in [0, 0.1) is 5.41 Å². The lowest BCUT2D eigenvalue weighted by Crippen LogP contribution is -2.46. The summed E-state index contributed by atoms with van der Waals surface area (Å²) in [6, 6.07) is 3.17. The standard InChI is InChI=1S/C13H15BrN2O4/c14-10-7-9(1-4-15-10)11(17)16-8-13(12(18)19)2-5-20-6-3-13/h1,4,7H,2-3,5-6,8H2,(H,16,17)(H,18,19). The van der Waals surface area contributed by atoms with Crippen molar-refractivity contribution in [3.05, 3.63) is 28.5 Å². The Hall–Kier alpha value is -1.47. The zero-order valence-electron chi connectivity index (χ0n) is 10.8. The number of amides is 1. The molecule has 0 saturated carbocycles. The third-order valence-electron chi connectivity index (χ3n) is 3.48. The van der Waals surface area contributed by atoms with Crippen LogP contribution in [0.15, 0.2) is 22.9 Å². The first-order valence-electron chi connectivity index (χ1n) is 6.24. The van der Waals surface area contributed by atoms with Crippen LogP contribution in [0.3, 0.4) is 0 Å². The molecule has 1 fully saturated rings. The number of hydrogen-bond donors (Lipinski definition) is 2. The fourth-order valence-corrected chi connectivity index (χ4v) is 2.49. The van der Waals surface area contributed by atoms with E-state index in [1.54, 1.807) is 12.1 Å². The van der Waals surface area contributed by atoms with Gasteiger partial charge in [-0.2, -0.15) is 0 Å². The summed E-state index contributed by atoms with van der Waals surface area (Å²) in [5, 5.41) is 12.1. The zero-order valence-corrected chi connectivity index (χ0v) is 12.4. The second kappa shape index (κ2) is 6.32. The number of halogens is 1. The highest BCUT2D eigenvalue weighted by Crippen LogP contribution is 2.30. The number of nitrogens with zero attached hydrogens (tertiary/aromatic N) is 1. The largest absolute Gasteiger partial charge is 0.481 e. The molecule has 1 aromatic rings. The zero-order chi connectivity index (χ0) is 14.6. The molecule has 0 spiro atoms. The highest BCUT2D eigenvalue weighted by Gasteiger charge is 2.40. The molecule has 108 valence electrons. The summed E-state index contributed by atoms with van der Waals surface area (Å²) in [7, 11) is 0. The van der Waals surface area contributed by atoms with E-state index in [1.165, 1.54) is 6.20 Å². The van der Waals surface area contributed by atoms with E-state index >= 15 is 0 Å². The van der Waals surface area contributed by atoms with Crippen LogP contribution in [0.4, 0.5) is 0 Å². The third-order valence-corrected chi connectivity index (χ3v) is 3.91. The maximum Gasteiger partial charge on any atom is 0.311 e. The normalized spacial score (nSPS) is 17.4. The van der Waals surface area contributed by atoms with Crippen LogP contribution in [-0.4, -0.2) is 41.7 Å². The number of carbonyl (C=O) groups excluding carboxylic acids is 1. The van der Waals surface area contributed by atoms with E-state index in [0.717, 1.165) is 0 Å². The molecule has 1 amide bonds. The van der Waals surface area contributed by atoms with E-state index in [2.05, 4.69) is 26.2 Å². The van der Waals surface area contributed by atoms with Crippen molar-refractivity contribution in [1.82, 2.24) is 10.3 Å². The summed E-state index contributed by atoms with van der Waals surface area (Å²) in [4.78, 5) is 27.4. The number of nitrogens with one attached hydrogen (secondary N) is 1. The molecule has 2 rings (SSSR count). The minimum atomic E-state index is -0.932. The molecular weight excluding hydrogens is 328 g/mol. The molecule has 1 aromatic heterocycles. The smallest absolute Gasteiger partial charge is 0.311 e. The summed E-state index contributed by atoms with van der Waals surface area (Å²) in [6.45, 7) is 0.913. The maximum absolute atomic E-state index is 12.0. The monoisotopic (exact) mass is 342 g/mol. The van der Waals surface area contributed by atoms with Crippen molar-refractivity contribution in [1.29, 1.82) is 0 Å². The highest BCUT2D eigenvalue weighted by molar-refractivity contribution is 9.10. The Balaban J connectivity index is 2.02. The first kappa shape index (κ1) is 14.9. The number of ether oxygens (including phenoxy) is 1. The fraction of sp³-hybridized carbons (Fsp3) is 0.462. The SMILES string of the molecule is O=C(NCC1(C(=O)O)CCOCC1)c1ccnc(Br)c1. The molecule has 1 aliphatic rings. The van der Waals surface area contributed by atoms with Crippen LogP contribution in [0.1, 0.15) is 23.2 Å². The molecule has 0 radical (unpaired) electrons. The van der Waals surface area contributed by atoms with Crippen LogP contribution in [-0.2, 0) is 9.53 Å². The Bertz CT molecular complexity index is 515. The van der Waals surface area contributed by atoms with E-state index in [0.29, 0.717) is 36.2 Å².